The van der Waals surface area contributed by atoms with Gasteiger partial charge in [-0.1, -0.05) is 44.2 Å². The van der Waals surface area contributed by atoms with Crippen LogP contribution in [0.4, 0.5) is 0 Å². The van der Waals surface area contributed by atoms with E-state index in [1.165, 1.54) is 5.56 Å². The fraction of sp³-hybridized carbons (Fsp3) is 0.619. The molecule has 0 atom stereocenters. The summed E-state index contributed by atoms with van der Waals surface area (Å²) in [6.07, 6.45) is 2.67. The lowest BCUT2D eigenvalue weighted by molar-refractivity contribution is -0.149. The number of nitrogens with zero attached hydrogens (tertiary/aromatic N) is 2. The van der Waals surface area contributed by atoms with Gasteiger partial charge in [-0.25, -0.2) is 0 Å². The number of rotatable bonds is 6. The van der Waals surface area contributed by atoms with E-state index in [2.05, 4.69) is 59.4 Å². The quantitative estimate of drug-likeness (QED) is 0.482. The minimum absolute atomic E-state index is 0.0267. The number of benzene rings is 1. The van der Waals surface area contributed by atoms with E-state index in [0.717, 1.165) is 44.9 Å². The van der Waals surface area contributed by atoms with Gasteiger partial charge in [-0.05, 0) is 37.2 Å². The molecule has 0 spiro atoms. The summed E-state index contributed by atoms with van der Waals surface area (Å²) >= 11 is 0. The summed E-state index contributed by atoms with van der Waals surface area (Å²) in [5.41, 5.74) is 1.48. The number of likely N-dealkylation sites (tertiary alicyclic amines) is 1. The fourth-order valence-electron chi connectivity index (χ4n) is 3.45. The molecule has 144 valence electrons. The van der Waals surface area contributed by atoms with Crippen molar-refractivity contribution in [1.82, 2.24) is 10.2 Å². The van der Waals surface area contributed by atoms with Gasteiger partial charge in [0.15, 0.2) is 5.96 Å². The molecule has 1 N–H and O–H groups in total. The summed E-state index contributed by atoms with van der Waals surface area (Å²) in [7, 11) is 1.82. The molecule has 0 aliphatic carbocycles. The lowest BCUT2D eigenvalue weighted by Crippen LogP contribution is -2.48. The van der Waals surface area contributed by atoms with E-state index < -0.39 is 0 Å². The number of hydrogen-bond acceptors (Lipinski definition) is 3. The van der Waals surface area contributed by atoms with Gasteiger partial charge in [-0.15, -0.1) is 0 Å². The van der Waals surface area contributed by atoms with Crippen molar-refractivity contribution in [2.45, 2.75) is 40.0 Å². The van der Waals surface area contributed by atoms with Crippen molar-refractivity contribution in [2.75, 3.05) is 33.3 Å². The third kappa shape index (κ3) is 6.04. The number of ether oxygens (including phenoxy) is 1. The number of hydrogen-bond donors (Lipinski definition) is 1. The lowest BCUT2D eigenvalue weighted by Gasteiger charge is -2.35. The van der Waals surface area contributed by atoms with Gasteiger partial charge in [-0.3, -0.25) is 9.79 Å². The highest BCUT2D eigenvalue weighted by Gasteiger charge is 2.28. The zero-order valence-corrected chi connectivity index (χ0v) is 16.6. The molecule has 0 unspecified atom stereocenters. The molecule has 2 rings (SSSR count). The standard InChI is InChI=1S/C21H33N3O2/c1-5-26-19(25)18-11-13-24(14-12-18)20(22-4)23-16-21(2,3)15-17-9-7-6-8-10-17/h6-10,18H,5,11-16H2,1-4H3,(H,22,23). The van der Waals surface area contributed by atoms with Crippen LogP contribution in [-0.4, -0.2) is 50.1 Å². The molecule has 26 heavy (non-hydrogen) atoms. The van der Waals surface area contributed by atoms with E-state index >= 15 is 0 Å². The Labute approximate surface area is 157 Å². The van der Waals surface area contributed by atoms with E-state index in [1.54, 1.807) is 0 Å². The summed E-state index contributed by atoms with van der Waals surface area (Å²) < 4.78 is 5.15. The van der Waals surface area contributed by atoms with Gasteiger partial charge in [0, 0.05) is 26.7 Å². The van der Waals surface area contributed by atoms with Crippen LogP contribution in [0.2, 0.25) is 0 Å². The second kappa shape index (κ2) is 9.60. The number of carbonyl (C=O) groups excluding carboxylic acids is 1. The Morgan fingerprint density at radius 2 is 1.92 bits per heavy atom. The van der Waals surface area contributed by atoms with Gasteiger partial charge >= 0.3 is 5.97 Å². The molecule has 1 aromatic carbocycles. The molecule has 5 nitrogen and oxygen atoms in total. The molecule has 1 aromatic rings. The number of aliphatic imine (C=N–C) groups is 1. The van der Waals surface area contributed by atoms with Crippen molar-refractivity contribution in [1.29, 1.82) is 0 Å². The molecule has 0 amide bonds. The molecule has 0 bridgehead atoms. The van der Waals surface area contributed by atoms with Crippen molar-refractivity contribution >= 4 is 11.9 Å². The molecule has 0 saturated carbocycles. The Balaban J connectivity index is 1.83. The lowest BCUT2D eigenvalue weighted by atomic mass is 9.86. The van der Waals surface area contributed by atoms with Crippen LogP contribution < -0.4 is 5.32 Å². The first-order valence-electron chi connectivity index (χ1n) is 9.61. The summed E-state index contributed by atoms with van der Waals surface area (Å²) in [5.74, 6) is 0.895. The largest absolute Gasteiger partial charge is 0.466 e. The smallest absolute Gasteiger partial charge is 0.309 e. The highest BCUT2D eigenvalue weighted by molar-refractivity contribution is 5.80. The Bertz CT molecular complexity index is 591. The first-order valence-corrected chi connectivity index (χ1v) is 9.61. The van der Waals surface area contributed by atoms with Crippen molar-refractivity contribution in [2.24, 2.45) is 16.3 Å². The summed E-state index contributed by atoms with van der Waals surface area (Å²) in [6, 6.07) is 10.6. The number of esters is 1. The molecular weight excluding hydrogens is 326 g/mol. The van der Waals surface area contributed by atoms with Crippen LogP contribution in [0.5, 0.6) is 0 Å². The Morgan fingerprint density at radius 1 is 1.27 bits per heavy atom. The van der Waals surface area contributed by atoms with Gasteiger partial charge in [0.05, 0.1) is 12.5 Å². The molecule has 1 heterocycles. The maximum absolute atomic E-state index is 11.9. The minimum atomic E-state index is -0.0564. The van der Waals surface area contributed by atoms with Crippen LogP contribution in [0.15, 0.2) is 35.3 Å². The van der Waals surface area contributed by atoms with Crippen LogP contribution in [0.3, 0.4) is 0 Å². The monoisotopic (exact) mass is 359 g/mol. The normalized spacial score (nSPS) is 16.5. The molecule has 1 aliphatic rings. The SMILES string of the molecule is CCOC(=O)C1CCN(C(=NC)NCC(C)(C)Cc2ccccc2)CC1. The van der Waals surface area contributed by atoms with Crippen molar-refractivity contribution in [3.8, 4) is 0 Å². The maximum atomic E-state index is 11.9. The van der Waals surface area contributed by atoms with Crippen LogP contribution in [-0.2, 0) is 16.0 Å². The summed E-state index contributed by atoms with van der Waals surface area (Å²) in [5, 5.41) is 3.53. The summed E-state index contributed by atoms with van der Waals surface area (Å²) in [4.78, 5) is 18.6. The van der Waals surface area contributed by atoms with E-state index in [9.17, 15) is 4.79 Å². The highest BCUT2D eigenvalue weighted by Crippen LogP contribution is 2.22. The van der Waals surface area contributed by atoms with Gasteiger partial charge in [0.1, 0.15) is 0 Å². The maximum Gasteiger partial charge on any atom is 0.309 e. The number of carbonyl (C=O) groups is 1. The van der Waals surface area contributed by atoms with E-state index in [-0.39, 0.29) is 17.3 Å². The number of guanidine groups is 1. The predicted molar refractivity (Wildman–Crippen MR) is 106 cm³/mol. The van der Waals surface area contributed by atoms with Crippen molar-refractivity contribution in [3.63, 3.8) is 0 Å². The van der Waals surface area contributed by atoms with Crippen LogP contribution >= 0.6 is 0 Å². The van der Waals surface area contributed by atoms with E-state index in [0.29, 0.717) is 6.61 Å². The second-order valence-corrected chi connectivity index (χ2v) is 7.74. The second-order valence-electron chi connectivity index (χ2n) is 7.74. The molecule has 1 aliphatic heterocycles. The minimum Gasteiger partial charge on any atom is -0.466 e. The molecule has 0 radical (unpaired) electrons. The fourth-order valence-corrected chi connectivity index (χ4v) is 3.45. The van der Waals surface area contributed by atoms with Gasteiger partial charge in [0.25, 0.3) is 0 Å². The molecule has 5 heteroatoms. The Hall–Kier alpha value is -2.04. The predicted octanol–water partition coefficient (Wildman–Crippen LogP) is 3.11. The average molecular weight is 360 g/mol. The number of nitrogens with one attached hydrogen (secondary N) is 1. The van der Waals surface area contributed by atoms with Crippen LogP contribution in [0, 0.1) is 11.3 Å². The van der Waals surface area contributed by atoms with Crippen LogP contribution in [0.25, 0.3) is 0 Å². The van der Waals surface area contributed by atoms with Gasteiger partial charge < -0.3 is 15.0 Å². The number of piperidine rings is 1. The summed E-state index contributed by atoms with van der Waals surface area (Å²) in [6.45, 7) is 9.38. The van der Waals surface area contributed by atoms with Crippen LogP contribution in [0.1, 0.15) is 39.2 Å². The third-order valence-electron chi connectivity index (χ3n) is 4.88. The molecular formula is C21H33N3O2. The topological polar surface area (TPSA) is 53.9 Å². The first-order chi connectivity index (χ1) is 12.4. The Kier molecular flexibility index (Phi) is 7.49. The zero-order valence-electron chi connectivity index (χ0n) is 16.6. The molecule has 0 aromatic heterocycles. The van der Waals surface area contributed by atoms with E-state index in [4.69, 9.17) is 4.74 Å². The van der Waals surface area contributed by atoms with Gasteiger partial charge in [0.2, 0.25) is 0 Å². The Morgan fingerprint density at radius 3 is 2.50 bits per heavy atom. The average Bonchev–Trinajstić information content (AvgIpc) is 2.63. The first kappa shape index (κ1) is 20.3. The highest BCUT2D eigenvalue weighted by atomic mass is 16.5. The van der Waals surface area contributed by atoms with Crippen molar-refractivity contribution < 1.29 is 9.53 Å². The molecule has 1 saturated heterocycles. The van der Waals surface area contributed by atoms with Gasteiger partial charge in [-0.2, -0.15) is 0 Å². The third-order valence-corrected chi connectivity index (χ3v) is 4.88. The zero-order chi connectivity index (χ0) is 19.0. The van der Waals surface area contributed by atoms with Crippen molar-refractivity contribution in [3.05, 3.63) is 35.9 Å². The van der Waals surface area contributed by atoms with E-state index in [1.807, 2.05) is 14.0 Å². The molecule has 1 fully saturated rings.